The molecule has 12 rings (SSSR count). The zero-order valence-corrected chi connectivity index (χ0v) is 34.1. The third-order valence-corrected chi connectivity index (χ3v) is 13.3. The van der Waals surface area contributed by atoms with Crippen molar-refractivity contribution in [2.24, 2.45) is 0 Å². The van der Waals surface area contributed by atoms with Crippen molar-refractivity contribution in [1.82, 2.24) is 4.57 Å². The van der Waals surface area contributed by atoms with Crippen LogP contribution < -0.4 is 4.90 Å². The summed E-state index contributed by atoms with van der Waals surface area (Å²) in [6.07, 6.45) is 0. The van der Waals surface area contributed by atoms with E-state index in [4.69, 9.17) is 0 Å². The fourth-order valence-corrected chi connectivity index (χ4v) is 10.3. The molecule has 2 aromatic heterocycles. The molecule has 0 bridgehead atoms. The molecule has 0 atom stereocenters. The molecule has 10 aromatic carbocycles. The largest absolute Gasteiger partial charge is 0.310 e. The summed E-state index contributed by atoms with van der Waals surface area (Å²) in [6, 6.07) is 84.4. The van der Waals surface area contributed by atoms with Crippen molar-refractivity contribution in [3.05, 3.63) is 231 Å². The molecule has 0 saturated heterocycles. The minimum atomic E-state index is 1.09. The van der Waals surface area contributed by atoms with E-state index in [2.05, 4.69) is 240 Å². The Hall–Kier alpha value is -7.72. The zero-order valence-electron chi connectivity index (χ0n) is 33.2. The van der Waals surface area contributed by atoms with Gasteiger partial charge < -0.3 is 9.47 Å². The van der Waals surface area contributed by atoms with Gasteiger partial charge in [0.25, 0.3) is 0 Å². The van der Waals surface area contributed by atoms with Crippen LogP contribution in [0.2, 0.25) is 0 Å². The highest BCUT2D eigenvalue weighted by Crippen LogP contribution is 2.45. The fraction of sp³-hybridized carbons (Fsp3) is 0. The molecule has 0 amide bonds. The molecule has 0 N–H and O–H groups in total. The number of hydrogen-bond donors (Lipinski definition) is 0. The van der Waals surface area contributed by atoms with Gasteiger partial charge in [0.15, 0.2) is 0 Å². The Labute approximate surface area is 358 Å². The first-order valence-corrected chi connectivity index (χ1v) is 21.6. The van der Waals surface area contributed by atoms with Crippen molar-refractivity contribution in [3.8, 4) is 39.1 Å². The molecule has 12 aromatic rings. The minimum Gasteiger partial charge on any atom is -0.310 e. The van der Waals surface area contributed by atoms with E-state index in [1.165, 1.54) is 80.6 Å². The molecule has 0 fully saturated rings. The number of nitrogens with zero attached hydrogens (tertiary/aromatic N) is 2. The molecule has 0 aliphatic heterocycles. The van der Waals surface area contributed by atoms with Gasteiger partial charge in [-0.3, -0.25) is 0 Å². The Morgan fingerprint density at radius 3 is 1.67 bits per heavy atom. The summed E-state index contributed by atoms with van der Waals surface area (Å²) >= 11 is 1.86. The van der Waals surface area contributed by atoms with Crippen LogP contribution in [0.25, 0.3) is 91.8 Å². The molecule has 286 valence electrons. The minimum absolute atomic E-state index is 1.09. The number of benzene rings is 10. The maximum Gasteiger partial charge on any atom is 0.0561 e. The van der Waals surface area contributed by atoms with E-state index >= 15 is 0 Å². The van der Waals surface area contributed by atoms with Gasteiger partial charge in [-0.05, 0) is 118 Å². The number of thiophene rings is 1. The molecular formula is C58H38N2S. The van der Waals surface area contributed by atoms with Crippen LogP contribution in [0.3, 0.4) is 0 Å². The van der Waals surface area contributed by atoms with Crippen molar-refractivity contribution in [3.63, 3.8) is 0 Å². The number of aromatic nitrogens is 1. The lowest BCUT2D eigenvalue weighted by molar-refractivity contribution is 1.18. The molecule has 0 radical (unpaired) electrons. The number of para-hydroxylation sites is 1. The number of fused-ring (bicyclic) bond motifs is 7. The summed E-state index contributed by atoms with van der Waals surface area (Å²) in [4.78, 5) is 2.46. The second kappa shape index (κ2) is 14.5. The Morgan fingerprint density at radius 1 is 0.311 bits per heavy atom. The van der Waals surface area contributed by atoms with Crippen LogP contribution in [-0.4, -0.2) is 4.57 Å². The first-order valence-electron chi connectivity index (χ1n) is 20.8. The first kappa shape index (κ1) is 35.2. The predicted molar refractivity (Wildman–Crippen MR) is 262 cm³/mol. The van der Waals surface area contributed by atoms with E-state index < -0.39 is 0 Å². The van der Waals surface area contributed by atoms with Gasteiger partial charge in [-0.25, -0.2) is 0 Å². The summed E-state index contributed by atoms with van der Waals surface area (Å²) in [6.45, 7) is 0. The third-order valence-electron chi connectivity index (χ3n) is 12.1. The smallest absolute Gasteiger partial charge is 0.0561 e. The lowest BCUT2D eigenvalue weighted by Gasteiger charge is -2.28. The molecule has 3 heteroatoms. The van der Waals surface area contributed by atoms with Gasteiger partial charge in [-0.2, -0.15) is 0 Å². The van der Waals surface area contributed by atoms with Gasteiger partial charge >= 0.3 is 0 Å². The average Bonchev–Trinajstić information content (AvgIpc) is 3.87. The Kier molecular flexibility index (Phi) is 8.39. The van der Waals surface area contributed by atoms with E-state index in [-0.39, 0.29) is 0 Å². The molecular weight excluding hydrogens is 757 g/mol. The van der Waals surface area contributed by atoms with E-state index in [1.807, 2.05) is 11.3 Å². The lowest BCUT2D eigenvalue weighted by atomic mass is 9.97. The maximum absolute atomic E-state index is 2.46. The molecule has 61 heavy (non-hydrogen) atoms. The van der Waals surface area contributed by atoms with Crippen molar-refractivity contribution in [2.75, 3.05) is 4.90 Å². The van der Waals surface area contributed by atoms with Gasteiger partial charge in [-0.15, -0.1) is 11.3 Å². The molecule has 2 heterocycles. The van der Waals surface area contributed by atoms with Crippen LogP contribution in [0.4, 0.5) is 17.1 Å². The van der Waals surface area contributed by atoms with Crippen molar-refractivity contribution in [2.45, 2.75) is 0 Å². The standard InChI is InChI=1S/C58H38N2S/c1-4-15-39(16-5-1)44-33-45(40-17-6-2-7-18-40)35-48(34-44)59(54-25-14-20-41-19-10-11-23-49(41)54)47-29-30-50-52-36-42(27-31-55(52)60(56(50)38-47)46-21-8-3-9-22-46)43-28-32-58-53(37-43)51-24-12-13-26-57(51)61-58/h1-38H. The van der Waals surface area contributed by atoms with Gasteiger partial charge in [0.2, 0.25) is 0 Å². The van der Waals surface area contributed by atoms with Gasteiger partial charge in [0.1, 0.15) is 0 Å². The van der Waals surface area contributed by atoms with Gasteiger partial charge in [0, 0.05) is 53.4 Å². The van der Waals surface area contributed by atoms with Crippen molar-refractivity contribution >= 4 is 81.1 Å². The summed E-state index contributed by atoms with van der Waals surface area (Å²) in [5, 5.41) is 7.47. The number of anilines is 3. The normalized spacial score (nSPS) is 11.6. The summed E-state index contributed by atoms with van der Waals surface area (Å²) in [5.74, 6) is 0. The highest BCUT2D eigenvalue weighted by molar-refractivity contribution is 7.25. The van der Waals surface area contributed by atoms with E-state index in [0.717, 1.165) is 28.3 Å². The average molecular weight is 795 g/mol. The first-order chi connectivity index (χ1) is 30.2. The molecule has 0 unspecified atom stereocenters. The van der Waals surface area contributed by atoms with Crippen LogP contribution in [0.1, 0.15) is 0 Å². The SMILES string of the molecule is c1ccc(-c2cc(-c3ccccc3)cc(N(c3ccc4c5cc(-c6ccc7sc8ccccc8c7c6)ccc5n(-c5ccccc5)c4c3)c3cccc4ccccc34)c2)cc1. The molecule has 2 nitrogen and oxygen atoms in total. The summed E-state index contributed by atoms with van der Waals surface area (Å²) < 4.78 is 5.08. The second-order valence-corrected chi connectivity index (χ2v) is 16.8. The quantitative estimate of drug-likeness (QED) is 0.156. The predicted octanol–water partition coefficient (Wildman–Crippen LogP) is 16.8. The van der Waals surface area contributed by atoms with Crippen molar-refractivity contribution in [1.29, 1.82) is 0 Å². The van der Waals surface area contributed by atoms with Crippen LogP contribution in [0.15, 0.2) is 231 Å². The molecule has 0 saturated carbocycles. The Balaban J connectivity index is 1.10. The lowest BCUT2D eigenvalue weighted by Crippen LogP contribution is -2.11. The molecule has 0 spiro atoms. The van der Waals surface area contributed by atoms with Gasteiger partial charge in [0.05, 0.1) is 16.7 Å². The Morgan fingerprint density at radius 2 is 0.918 bits per heavy atom. The van der Waals surface area contributed by atoms with Crippen LogP contribution in [0, 0.1) is 0 Å². The van der Waals surface area contributed by atoms with Crippen LogP contribution >= 0.6 is 11.3 Å². The van der Waals surface area contributed by atoms with E-state index in [0.29, 0.717) is 0 Å². The van der Waals surface area contributed by atoms with E-state index in [9.17, 15) is 0 Å². The van der Waals surface area contributed by atoms with Gasteiger partial charge in [-0.1, -0.05) is 152 Å². The molecule has 0 aliphatic rings. The monoisotopic (exact) mass is 794 g/mol. The highest BCUT2D eigenvalue weighted by atomic mass is 32.1. The van der Waals surface area contributed by atoms with Crippen molar-refractivity contribution < 1.29 is 0 Å². The van der Waals surface area contributed by atoms with E-state index in [1.54, 1.807) is 0 Å². The number of hydrogen-bond acceptors (Lipinski definition) is 2. The van der Waals surface area contributed by atoms with Crippen LogP contribution in [0.5, 0.6) is 0 Å². The fourth-order valence-electron chi connectivity index (χ4n) is 9.25. The van der Waals surface area contributed by atoms with Crippen LogP contribution in [-0.2, 0) is 0 Å². The highest BCUT2D eigenvalue weighted by Gasteiger charge is 2.21. The zero-order chi connectivity index (χ0) is 40.3. The Bertz CT molecular complexity index is 3520. The second-order valence-electron chi connectivity index (χ2n) is 15.7. The maximum atomic E-state index is 2.46. The number of rotatable bonds is 7. The third kappa shape index (κ3) is 6.09. The topological polar surface area (TPSA) is 8.17 Å². The summed E-state index contributed by atoms with van der Waals surface area (Å²) in [7, 11) is 0. The molecule has 0 aliphatic carbocycles. The summed E-state index contributed by atoms with van der Waals surface area (Å²) in [5.41, 5.74) is 13.9.